The first-order valence-electron chi connectivity index (χ1n) is 11.5. The van der Waals surface area contributed by atoms with Crippen molar-refractivity contribution < 1.29 is 19.1 Å². The van der Waals surface area contributed by atoms with Crippen LogP contribution >= 0.6 is 0 Å². The van der Waals surface area contributed by atoms with Crippen LogP contribution in [0.25, 0.3) is 17.4 Å². The highest BCUT2D eigenvalue weighted by molar-refractivity contribution is 5.95. The van der Waals surface area contributed by atoms with Crippen LogP contribution in [-0.2, 0) is 11.3 Å². The summed E-state index contributed by atoms with van der Waals surface area (Å²) >= 11 is 0. The fourth-order valence-corrected chi connectivity index (χ4v) is 6.47. The number of carbonyl (C=O) groups excluding carboxylic acids is 1. The van der Waals surface area contributed by atoms with Gasteiger partial charge in [0.15, 0.2) is 5.76 Å². The van der Waals surface area contributed by atoms with Gasteiger partial charge in [0.1, 0.15) is 5.69 Å². The Balaban J connectivity index is 1.28. The van der Waals surface area contributed by atoms with Crippen LogP contribution in [0, 0.1) is 17.8 Å². The van der Waals surface area contributed by atoms with E-state index >= 15 is 0 Å². The normalized spacial score (nSPS) is 30.0. The molecule has 3 aromatic rings. The van der Waals surface area contributed by atoms with Crippen LogP contribution in [0.4, 0.5) is 0 Å². The molecule has 7 rings (SSSR count). The van der Waals surface area contributed by atoms with Gasteiger partial charge in [-0.2, -0.15) is 9.78 Å². The van der Waals surface area contributed by atoms with Crippen molar-refractivity contribution in [1.29, 1.82) is 0 Å². The van der Waals surface area contributed by atoms with Crippen molar-refractivity contribution in [1.82, 2.24) is 25.1 Å². The van der Waals surface area contributed by atoms with Gasteiger partial charge < -0.3 is 19.6 Å². The lowest BCUT2D eigenvalue weighted by Crippen LogP contribution is -2.61. The Morgan fingerprint density at radius 2 is 2.12 bits per heavy atom. The lowest BCUT2D eigenvalue weighted by atomic mass is 9.52. The summed E-state index contributed by atoms with van der Waals surface area (Å²) in [4.78, 5) is 22.3. The Bertz CT molecular complexity index is 1160. The third kappa shape index (κ3) is 3.55. The molecular weight excluding hydrogens is 422 g/mol. The van der Waals surface area contributed by atoms with Gasteiger partial charge in [-0.15, -0.1) is 0 Å². The molecule has 2 N–H and O–H groups in total. The van der Waals surface area contributed by atoms with Crippen LogP contribution in [0.1, 0.15) is 48.2 Å². The predicted octanol–water partition coefficient (Wildman–Crippen LogP) is 2.74. The number of amides is 1. The molecule has 0 spiro atoms. The molecule has 0 saturated heterocycles. The standard InChI is InChI=1S/C24H27N5O4/c1-32-13-19-17(12-26-29(19)23-25-5-4-18(27-23)20-3-2-6-33-20)22(30)28-21-15-7-14-8-16(21)11-24(31,9-14)10-15/h2-6,12,14-16,21,31H,7-11,13H2,1H3,(H,28,30). The highest BCUT2D eigenvalue weighted by atomic mass is 16.5. The van der Waals surface area contributed by atoms with Crippen LogP contribution in [0.5, 0.6) is 0 Å². The summed E-state index contributed by atoms with van der Waals surface area (Å²) < 4.78 is 12.4. The van der Waals surface area contributed by atoms with Crippen LogP contribution in [0.2, 0.25) is 0 Å². The minimum absolute atomic E-state index is 0.0894. The highest BCUT2D eigenvalue weighted by Crippen LogP contribution is 2.55. The molecule has 4 saturated carbocycles. The number of hydrogen-bond donors (Lipinski definition) is 2. The minimum Gasteiger partial charge on any atom is -0.463 e. The second-order valence-electron chi connectivity index (χ2n) is 9.76. The molecule has 0 aromatic carbocycles. The molecule has 172 valence electrons. The smallest absolute Gasteiger partial charge is 0.255 e. The molecule has 1 amide bonds. The summed E-state index contributed by atoms with van der Waals surface area (Å²) in [6.45, 7) is 0.191. The zero-order chi connectivity index (χ0) is 22.6. The maximum Gasteiger partial charge on any atom is 0.255 e. The van der Waals surface area contributed by atoms with Crippen molar-refractivity contribution in [3.63, 3.8) is 0 Å². The first-order valence-corrected chi connectivity index (χ1v) is 11.5. The van der Waals surface area contributed by atoms with E-state index in [2.05, 4.69) is 20.4 Å². The summed E-state index contributed by atoms with van der Waals surface area (Å²) in [5, 5.41) is 18.5. The highest BCUT2D eigenvalue weighted by Gasteiger charge is 2.55. The Hall–Kier alpha value is -3.04. The molecule has 3 aromatic heterocycles. The summed E-state index contributed by atoms with van der Waals surface area (Å²) in [5.41, 5.74) is 1.15. The molecule has 0 aliphatic heterocycles. The van der Waals surface area contributed by atoms with Crippen molar-refractivity contribution in [3.8, 4) is 17.4 Å². The van der Waals surface area contributed by atoms with Crippen molar-refractivity contribution in [2.45, 2.75) is 50.4 Å². The average molecular weight is 450 g/mol. The molecule has 4 aliphatic rings. The summed E-state index contributed by atoms with van der Waals surface area (Å²) in [6, 6.07) is 5.47. The second-order valence-corrected chi connectivity index (χ2v) is 9.76. The molecule has 33 heavy (non-hydrogen) atoms. The molecule has 9 nitrogen and oxygen atoms in total. The topological polar surface area (TPSA) is 115 Å². The maximum atomic E-state index is 13.4. The number of nitrogens with zero attached hydrogens (tertiary/aromatic N) is 4. The van der Waals surface area contributed by atoms with Gasteiger partial charge in [-0.1, -0.05) is 0 Å². The van der Waals surface area contributed by atoms with E-state index < -0.39 is 5.60 Å². The van der Waals surface area contributed by atoms with E-state index in [1.807, 2.05) is 6.07 Å². The van der Waals surface area contributed by atoms with Gasteiger partial charge in [0.2, 0.25) is 0 Å². The third-order valence-corrected chi connectivity index (χ3v) is 7.54. The number of furan rings is 1. The Kier molecular flexibility index (Phi) is 4.84. The monoisotopic (exact) mass is 449 g/mol. The summed E-state index contributed by atoms with van der Waals surface area (Å²) in [7, 11) is 1.58. The minimum atomic E-state index is -0.528. The van der Waals surface area contributed by atoms with Gasteiger partial charge in [0.25, 0.3) is 11.9 Å². The van der Waals surface area contributed by atoms with Crippen LogP contribution < -0.4 is 5.32 Å². The number of aromatic nitrogens is 4. The van der Waals surface area contributed by atoms with E-state index in [-0.39, 0.29) is 18.6 Å². The lowest BCUT2D eigenvalue weighted by molar-refractivity contribution is -0.136. The van der Waals surface area contributed by atoms with Crippen LogP contribution in [-0.4, -0.2) is 49.5 Å². The summed E-state index contributed by atoms with van der Waals surface area (Å²) in [6.07, 6.45) is 9.43. The maximum absolute atomic E-state index is 13.4. The van der Waals surface area contributed by atoms with Crippen molar-refractivity contribution >= 4 is 5.91 Å². The summed E-state index contributed by atoms with van der Waals surface area (Å²) in [5.74, 6) is 2.05. The quantitative estimate of drug-likeness (QED) is 0.594. The zero-order valence-electron chi connectivity index (χ0n) is 18.5. The molecular formula is C24H27N5O4. The van der Waals surface area contributed by atoms with Crippen molar-refractivity contribution in [3.05, 3.63) is 48.1 Å². The average Bonchev–Trinajstić information content (AvgIpc) is 3.46. The zero-order valence-corrected chi connectivity index (χ0v) is 18.5. The Labute approximate surface area is 191 Å². The first kappa shape index (κ1) is 20.6. The number of aliphatic hydroxyl groups is 1. The lowest BCUT2D eigenvalue weighted by Gasteiger charge is -2.58. The van der Waals surface area contributed by atoms with Crippen LogP contribution in [0.15, 0.2) is 41.3 Å². The molecule has 4 bridgehead atoms. The molecule has 4 fully saturated rings. The number of hydrogen-bond acceptors (Lipinski definition) is 7. The van der Waals surface area contributed by atoms with Gasteiger partial charge in [-0.25, -0.2) is 9.97 Å². The second kappa shape index (κ2) is 7.78. The molecule has 4 aliphatic carbocycles. The van der Waals surface area contributed by atoms with E-state index in [9.17, 15) is 9.90 Å². The van der Waals surface area contributed by atoms with Crippen LogP contribution in [0.3, 0.4) is 0 Å². The van der Waals surface area contributed by atoms with E-state index in [0.717, 1.165) is 32.1 Å². The molecule has 9 heteroatoms. The SMILES string of the molecule is COCc1c(C(=O)NC2C3CC4CC2CC(O)(C4)C3)cnn1-c1nccc(-c2ccco2)n1. The number of ether oxygens (including phenoxy) is 1. The molecule has 2 atom stereocenters. The van der Waals surface area contributed by atoms with Gasteiger partial charge in [0.05, 0.1) is 35.9 Å². The number of nitrogens with one attached hydrogen (secondary N) is 1. The van der Waals surface area contributed by atoms with Gasteiger partial charge >= 0.3 is 0 Å². The van der Waals surface area contributed by atoms with Gasteiger partial charge in [0, 0.05) is 19.3 Å². The molecule has 2 unspecified atom stereocenters. The number of rotatable bonds is 6. The fraction of sp³-hybridized carbons (Fsp3) is 0.500. The number of methoxy groups -OCH3 is 1. The Morgan fingerprint density at radius 3 is 2.82 bits per heavy atom. The largest absolute Gasteiger partial charge is 0.463 e. The van der Waals surface area contributed by atoms with Crippen molar-refractivity contribution in [2.75, 3.05) is 7.11 Å². The Morgan fingerprint density at radius 1 is 1.30 bits per heavy atom. The predicted molar refractivity (Wildman–Crippen MR) is 117 cm³/mol. The van der Waals surface area contributed by atoms with Gasteiger partial charge in [-0.05, 0) is 68.1 Å². The fourth-order valence-electron chi connectivity index (χ4n) is 6.47. The van der Waals surface area contributed by atoms with E-state index in [0.29, 0.717) is 46.4 Å². The molecule has 0 radical (unpaired) electrons. The first-order chi connectivity index (χ1) is 16.0. The van der Waals surface area contributed by atoms with Crippen molar-refractivity contribution in [2.24, 2.45) is 17.8 Å². The third-order valence-electron chi connectivity index (χ3n) is 7.54. The van der Waals surface area contributed by atoms with E-state index in [1.54, 1.807) is 42.6 Å². The number of carbonyl (C=O) groups is 1. The van der Waals surface area contributed by atoms with E-state index in [4.69, 9.17) is 9.15 Å². The van der Waals surface area contributed by atoms with Gasteiger partial charge in [-0.3, -0.25) is 4.79 Å². The van der Waals surface area contributed by atoms with E-state index in [1.165, 1.54) is 0 Å². The molecule has 3 heterocycles.